The molecule has 1 aliphatic carbocycles. The number of hydrogen-bond donors (Lipinski definition) is 3. The van der Waals surface area contributed by atoms with Crippen molar-refractivity contribution in [3.8, 4) is 0 Å². The maximum Gasteiger partial charge on any atom is 0.269 e. The summed E-state index contributed by atoms with van der Waals surface area (Å²) in [4.78, 5) is 30.2. The summed E-state index contributed by atoms with van der Waals surface area (Å²) in [7, 11) is 1.58. The number of thiazole rings is 1. The van der Waals surface area contributed by atoms with Gasteiger partial charge in [0.25, 0.3) is 5.91 Å². The van der Waals surface area contributed by atoms with E-state index in [0.717, 1.165) is 29.1 Å². The summed E-state index contributed by atoms with van der Waals surface area (Å²) < 4.78 is 0. The van der Waals surface area contributed by atoms with E-state index in [9.17, 15) is 9.59 Å². The maximum absolute atomic E-state index is 12.1. The summed E-state index contributed by atoms with van der Waals surface area (Å²) in [6, 6.07) is 0. The van der Waals surface area contributed by atoms with E-state index in [-0.39, 0.29) is 17.7 Å². The number of rotatable bonds is 2. The van der Waals surface area contributed by atoms with Gasteiger partial charge in [0.1, 0.15) is 10.7 Å². The molecule has 3 N–H and O–H groups in total. The van der Waals surface area contributed by atoms with Gasteiger partial charge in [-0.25, -0.2) is 4.98 Å². The molecule has 0 spiro atoms. The summed E-state index contributed by atoms with van der Waals surface area (Å²) in [6.07, 6.45) is 4.72. The fraction of sp³-hybridized carbons (Fsp3) is 0.467. The third kappa shape index (κ3) is 2.33. The molecule has 0 radical (unpaired) electrons. The van der Waals surface area contributed by atoms with Crippen molar-refractivity contribution < 1.29 is 9.59 Å². The Labute approximate surface area is 136 Å². The minimum atomic E-state index is -0.235. The van der Waals surface area contributed by atoms with Crippen LogP contribution in [0.3, 0.4) is 0 Å². The standard InChI is InChI=1S/C15H17N5O2S/c1-16-14(22)12-11-7(6-10(21)18-13(11)20-19-12)15-17-8-4-2-3-5-9(8)23-15/h7H,2-6H2,1H3,(H,16,22)(H2,18,19,20,21). The Bertz CT molecular complexity index is 770. The van der Waals surface area contributed by atoms with Gasteiger partial charge < -0.3 is 10.6 Å². The lowest BCUT2D eigenvalue weighted by Gasteiger charge is -2.20. The summed E-state index contributed by atoms with van der Waals surface area (Å²) >= 11 is 1.67. The summed E-state index contributed by atoms with van der Waals surface area (Å²) in [5.74, 6) is -0.0923. The Balaban J connectivity index is 1.80. The maximum atomic E-state index is 12.1. The van der Waals surface area contributed by atoms with Crippen molar-refractivity contribution in [1.82, 2.24) is 20.5 Å². The number of H-pyrrole nitrogens is 1. The van der Waals surface area contributed by atoms with Crippen LogP contribution in [0.1, 0.15) is 56.8 Å². The van der Waals surface area contributed by atoms with Crippen molar-refractivity contribution in [3.05, 3.63) is 26.8 Å². The highest BCUT2D eigenvalue weighted by molar-refractivity contribution is 7.11. The number of nitrogens with one attached hydrogen (secondary N) is 3. The van der Waals surface area contributed by atoms with E-state index < -0.39 is 0 Å². The van der Waals surface area contributed by atoms with Gasteiger partial charge >= 0.3 is 0 Å². The average Bonchev–Trinajstić information content (AvgIpc) is 3.17. The molecule has 1 unspecified atom stereocenters. The largest absolute Gasteiger partial charge is 0.354 e. The number of amides is 2. The minimum absolute atomic E-state index is 0.0920. The second-order valence-corrected chi connectivity index (χ2v) is 6.99. The lowest BCUT2D eigenvalue weighted by Crippen LogP contribution is -2.26. The first kappa shape index (κ1) is 14.4. The van der Waals surface area contributed by atoms with Crippen molar-refractivity contribution in [2.24, 2.45) is 0 Å². The molecule has 3 heterocycles. The molecule has 8 heteroatoms. The van der Waals surface area contributed by atoms with E-state index in [1.54, 1.807) is 18.4 Å². The van der Waals surface area contributed by atoms with Crippen LogP contribution in [0, 0.1) is 0 Å². The highest BCUT2D eigenvalue weighted by atomic mass is 32.1. The number of hydrogen-bond acceptors (Lipinski definition) is 5. The van der Waals surface area contributed by atoms with E-state index in [1.165, 1.54) is 17.7 Å². The Hall–Kier alpha value is -2.22. The third-order valence-electron chi connectivity index (χ3n) is 4.41. The molecule has 23 heavy (non-hydrogen) atoms. The first-order chi connectivity index (χ1) is 11.2. The Kier molecular flexibility index (Phi) is 3.41. The van der Waals surface area contributed by atoms with Crippen LogP contribution in [0.2, 0.25) is 0 Å². The van der Waals surface area contributed by atoms with Crippen LogP contribution in [-0.4, -0.2) is 34.0 Å². The number of nitrogens with zero attached hydrogens (tertiary/aromatic N) is 2. The van der Waals surface area contributed by atoms with Crippen molar-refractivity contribution in [1.29, 1.82) is 0 Å². The Morgan fingerprint density at radius 2 is 2.17 bits per heavy atom. The van der Waals surface area contributed by atoms with Gasteiger partial charge in [-0.05, 0) is 25.7 Å². The number of carbonyl (C=O) groups excluding carboxylic acids is 2. The summed E-state index contributed by atoms with van der Waals surface area (Å²) in [5.41, 5.74) is 2.31. The fourth-order valence-corrected chi connectivity index (χ4v) is 4.55. The van der Waals surface area contributed by atoms with Gasteiger partial charge in [-0.1, -0.05) is 0 Å². The molecule has 1 atom stereocenters. The zero-order valence-electron chi connectivity index (χ0n) is 12.7. The van der Waals surface area contributed by atoms with Crippen LogP contribution in [-0.2, 0) is 17.6 Å². The van der Waals surface area contributed by atoms with Gasteiger partial charge in [-0.3, -0.25) is 14.7 Å². The second kappa shape index (κ2) is 5.45. The molecule has 7 nitrogen and oxygen atoms in total. The molecule has 0 aromatic carbocycles. The zero-order valence-corrected chi connectivity index (χ0v) is 13.5. The van der Waals surface area contributed by atoms with Crippen molar-refractivity contribution in [2.45, 2.75) is 38.0 Å². The number of aromatic nitrogens is 3. The zero-order chi connectivity index (χ0) is 16.0. The lowest BCUT2D eigenvalue weighted by molar-refractivity contribution is -0.116. The van der Waals surface area contributed by atoms with Gasteiger partial charge in [0.15, 0.2) is 5.82 Å². The van der Waals surface area contributed by atoms with Crippen molar-refractivity contribution >= 4 is 29.0 Å². The smallest absolute Gasteiger partial charge is 0.269 e. The number of aryl methyl sites for hydroxylation is 2. The lowest BCUT2D eigenvalue weighted by atomic mass is 9.92. The molecule has 120 valence electrons. The number of anilines is 1. The highest BCUT2D eigenvalue weighted by Gasteiger charge is 2.35. The molecule has 0 bridgehead atoms. The molecule has 1 aliphatic heterocycles. The van der Waals surface area contributed by atoms with Crippen LogP contribution in [0.15, 0.2) is 0 Å². The van der Waals surface area contributed by atoms with Crippen LogP contribution >= 0.6 is 11.3 Å². The predicted octanol–water partition coefficient (Wildman–Crippen LogP) is 1.58. The SMILES string of the molecule is CNC(=O)c1[nH]nc2c1C(c1nc3c(s1)CCCC3)CC(=O)N2. The van der Waals surface area contributed by atoms with Gasteiger partial charge in [0.05, 0.1) is 11.6 Å². The second-order valence-electron chi connectivity index (χ2n) is 5.87. The van der Waals surface area contributed by atoms with E-state index in [1.807, 2.05) is 0 Å². The topological polar surface area (TPSA) is 99.8 Å². The fourth-order valence-electron chi connectivity index (χ4n) is 3.29. The molecular weight excluding hydrogens is 314 g/mol. The summed E-state index contributed by atoms with van der Waals surface area (Å²) in [6.45, 7) is 0. The first-order valence-electron chi connectivity index (χ1n) is 7.76. The molecular formula is C15H17N5O2S. The van der Waals surface area contributed by atoms with Crippen LogP contribution in [0.5, 0.6) is 0 Å². The minimum Gasteiger partial charge on any atom is -0.354 e. The van der Waals surface area contributed by atoms with Gasteiger partial charge in [-0.15, -0.1) is 11.3 Å². The van der Waals surface area contributed by atoms with Crippen LogP contribution in [0.4, 0.5) is 5.82 Å². The van der Waals surface area contributed by atoms with Gasteiger partial charge in [0.2, 0.25) is 5.91 Å². The normalized spacial score (nSPS) is 19.7. The molecule has 0 saturated heterocycles. The van der Waals surface area contributed by atoms with E-state index >= 15 is 0 Å². The molecule has 2 amide bonds. The molecule has 0 saturated carbocycles. The number of fused-ring (bicyclic) bond motifs is 2. The van der Waals surface area contributed by atoms with Gasteiger partial charge in [0, 0.05) is 23.9 Å². The van der Waals surface area contributed by atoms with Gasteiger partial charge in [-0.2, -0.15) is 5.10 Å². The monoisotopic (exact) mass is 331 g/mol. The number of carbonyl (C=O) groups is 2. The van der Waals surface area contributed by atoms with Crippen LogP contribution in [0.25, 0.3) is 0 Å². The molecule has 2 aromatic heterocycles. The Morgan fingerprint density at radius 3 is 2.96 bits per heavy atom. The van der Waals surface area contributed by atoms with E-state index in [2.05, 4.69) is 20.8 Å². The first-order valence-corrected chi connectivity index (χ1v) is 8.57. The quantitative estimate of drug-likeness (QED) is 0.778. The number of aromatic amines is 1. The molecule has 2 aliphatic rings. The van der Waals surface area contributed by atoms with E-state index in [4.69, 9.17) is 4.98 Å². The van der Waals surface area contributed by atoms with Crippen molar-refractivity contribution in [3.63, 3.8) is 0 Å². The van der Waals surface area contributed by atoms with E-state index in [0.29, 0.717) is 17.9 Å². The van der Waals surface area contributed by atoms with Crippen LogP contribution < -0.4 is 10.6 Å². The predicted molar refractivity (Wildman–Crippen MR) is 85.8 cm³/mol. The highest BCUT2D eigenvalue weighted by Crippen LogP contribution is 2.41. The molecule has 2 aromatic rings. The summed E-state index contributed by atoms with van der Waals surface area (Å²) in [5, 5.41) is 13.1. The average molecular weight is 331 g/mol. The Morgan fingerprint density at radius 1 is 1.35 bits per heavy atom. The third-order valence-corrected chi connectivity index (χ3v) is 5.69. The molecule has 0 fully saturated rings. The molecule has 4 rings (SSSR count). The van der Waals surface area contributed by atoms with Crippen molar-refractivity contribution in [2.75, 3.05) is 12.4 Å².